The summed E-state index contributed by atoms with van der Waals surface area (Å²) < 4.78 is 5.55. The zero-order valence-corrected chi connectivity index (χ0v) is 16.1. The third-order valence-corrected chi connectivity index (χ3v) is 5.07. The molecule has 4 N–H and O–H groups in total. The molecule has 1 saturated heterocycles. The summed E-state index contributed by atoms with van der Waals surface area (Å²) in [6, 6.07) is 8.10. The number of aryl methyl sites for hydroxylation is 1. The van der Waals surface area contributed by atoms with Gasteiger partial charge in [0.1, 0.15) is 5.82 Å². The number of rotatable bonds is 9. The van der Waals surface area contributed by atoms with Crippen LogP contribution in [0.3, 0.4) is 0 Å². The predicted octanol–water partition coefficient (Wildman–Crippen LogP) is 1.84. The number of benzene rings is 1. The molecule has 0 amide bonds. The quantitative estimate of drug-likeness (QED) is 0.306. The first-order valence-corrected chi connectivity index (χ1v) is 9.89. The van der Waals surface area contributed by atoms with E-state index in [1.807, 2.05) is 18.2 Å². The summed E-state index contributed by atoms with van der Waals surface area (Å²) in [7, 11) is 0. The highest BCUT2D eigenvalue weighted by Crippen LogP contribution is 2.32. The Morgan fingerprint density at radius 1 is 1.37 bits per heavy atom. The van der Waals surface area contributed by atoms with E-state index < -0.39 is 0 Å². The number of nitrogens with one attached hydrogen (secondary N) is 3. The van der Waals surface area contributed by atoms with Crippen molar-refractivity contribution >= 4 is 17.0 Å². The molecule has 27 heavy (non-hydrogen) atoms. The number of fused-ring (bicyclic) bond motifs is 1. The second-order valence-corrected chi connectivity index (χ2v) is 7.20. The molecule has 1 atom stereocenters. The number of para-hydroxylation sites is 2. The van der Waals surface area contributed by atoms with E-state index in [2.05, 4.69) is 33.6 Å². The van der Waals surface area contributed by atoms with Gasteiger partial charge in [0.15, 0.2) is 5.96 Å². The number of aliphatic hydroxyl groups excluding tert-OH is 1. The Morgan fingerprint density at radius 3 is 3.00 bits per heavy atom. The molecular weight excluding hydrogens is 342 g/mol. The van der Waals surface area contributed by atoms with Gasteiger partial charge in [-0.15, -0.1) is 0 Å². The number of imidazole rings is 1. The Labute approximate surface area is 160 Å². The molecular formula is C20H31N5O2. The first kappa shape index (κ1) is 19.6. The molecule has 2 heterocycles. The Bertz CT molecular complexity index is 704. The smallest absolute Gasteiger partial charge is 0.191 e. The van der Waals surface area contributed by atoms with E-state index >= 15 is 0 Å². The summed E-state index contributed by atoms with van der Waals surface area (Å²) in [4.78, 5) is 12.7. The van der Waals surface area contributed by atoms with Gasteiger partial charge < -0.3 is 25.5 Å². The molecule has 0 saturated carbocycles. The van der Waals surface area contributed by atoms with Gasteiger partial charge in [0.05, 0.1) is 24.2 Å². The van der Waals surface area contributed by atoms with Crippen LogP contribution in [-0.4, -0.2) is 60.5 Å². The predicted molar refractivity (Wildman–Crippen MR) is 108 cm³/mol. The third kappa shape index (κ3) is 5.43. The molecule has 1 unspecified atom stereocenters. The van der Waals surface area contributed by atoms with E-state index in [9.17, 15) is 5.11 Å². The minimum atomic E-state index is -0.0224. The van der Waals surface area contributed by atoms with Gasteiger partial charge in [-0.1, -0.05) is 12.1 Å². The maximum Gasteiger partial charge on any atom is 0.191 e. The van der Waals surface area contributed by atoms with E-state index in [-0.39, 0.29) is 12.0 Å². The number of aromatic amines is 1. The highest BCUT2D eigenvalue weighted by Gasteiger charge is 2.34. The Morgan fingerprint density at radius 2 is 2.26 bits per heavy atom. The first-order chi connectivity index (χ1) is 13.2. The van der Waals surface area contributed by atoms with Crippen LogP contribution in [0.1, 0.15) is 32.0 Å². The molecule has 0 spiro atoms. The summed E-state index contributed by atoms with van der Waals surface area (Å²) in [5.74, 6) is 1.84. The zero-order chi connectivity index (χ0) is 19.0. The number of nitrogens with zero attached hydrogens (tertiary/aromatic N) is 2. The highest BCUT2D eigenvalue weighted by atomic mass is 16.5. The van der Waals surface area contributed by atoms with Gasteiger partial charge in [-0.2, -0.15) is 0 Å². The van der Waals surface area contributed by atoms with Crippen LogP contribution >= 0.6 is 0 Å². The molecule has 1 aliphatic rings. The molecule has 7 heteroatoms. The lowest BCUT2D eigenvalue weighted by molar-refractivity contribution is 0.131. The third-order valence-electron chi connectivity index (χ3n) is 5.07. The van der Waals surface area contributed by atoms with Crippen LogP contribution in [0.2, 0.25) is 0 Å². The monoisotopic (exact) mass is 373 g/mol. The number of aliphatic imine (C=N–C) groups is 1. The van der Waals surface area contributed by atoms with Crippen LogP contribution in [0.5, 0.6) is 0 Å². The van der Waals surface area contributed by atoms with Gasteiger partial charge in [-0.25, -0.2) is 4.98 Å². The minimum Gasteiger partial charge on any atom is -0.396 e. The second kappa shape index (κ2) is 9.71. The van der Waals surface area contributed by atoms with Crippen molar-refractivity contribution in [1.29, 1.82) is 0 Å². The van der Waals surface area contributed by atoms with Crippen molar-refractivity contribution in [2.75, 3.05) is 39.5 Å². The van der Waals surface area contributed by atoms with E-state index in [4.69, 9.17) is 9.73 Å². The molecule has 1 fully saturated rings. The molecule has 7 nitrogen and oxygen atoms in total. The lowest BCUT2D eigenvalue weighted by Crippen LogP contribution is -2.39. The van der Waals surface area contributed by atoms with Crippen molar-refractivity contribution in [1.82, 2.24) is 20.6 Å². The fourth-order valence-electron chi connectivity index (χ4n) is 3.46. The van der Waals surface area contributed by atoms with Crippen LogP contribution in [0.4, 0.5) is 0 Å². The van der Waals surface area contributed by atoms with E-state index in [0.717, 1.165) is 68.2 Å². The average molecular weight is 374 g/mol. The number of hydrogen-bond acceptors (Lipinski definition) is 4. The van der Waals surface area contributed by atoms with Gasteiger partial charge >= 0.3 is 0 Å². The van der Waals surface area contributed by atoms with Crippen molar-refractivity contribution in [3.63, 3.8) is 0 Å². The number of guanidine groups is 1. The SMILES string of the molecule is CCNC(=NCC1(CCO)CCOC1)NCCCc1nc2ccccc2[nH]1. The first-order valence-electron chi connectivity index (χ1n) is 9.89. The van der Waals surface area contributed by atoms with Crippen LogP contribution in [0.15, 0.2) is 29.3 Å². The number of ether oxygens (including phenoxy) is 1. The van der Waals surface area contributed by atoms with Gasteiger partial charge in [-0.3, -0.25) is 4.99 Å². The van der Waals surface area contributed by atoms with E-state index in [1.54, 1.807) is 0 Å². The molecule has 1 aromatic heterocycles. The Kier molecular flexibility index (Phi) is 7.06. The molecule has 0 bridgehead atoms. The maximum absolute atomic E-state index is 9.35. The van der Waals surface area contributed by atoms with Crippen molar-refractivity contribution in [2.24, 2.45) is 10.4 Å². The second-order valence-electron chi connectivity index (χ2n) is 7.20. The molecule has 3 rings (SSSR count). The maximum atomic E-state index is 9.35. The number of aromatic nitrogens is 2. The molecule has 148 valence electrons. The Hall–Kier alpha value is -2.12. The fraction of sp³-hybridized carbons (Fsp3) is 0.600. The summed E-state index contributed by atoms with van der Waals surface area (Å²) in [6.45, 7) is 6.01. The lowest BCUT2D eigenvalue weighted by atomic mass is 9.84. The zero-order valence-electron chi connectivity index (χ0n) is 16.1. The van der Waals surface area contributed by atoms with Crippen molar-refractivity contribution in [2.45, 2.75) is 32.6 Å². The molecule has 1 aliphatic heterocycles. The molecule has 1 aromatic carbocycles. The highest BCUT2D eigenvalue weighted by molar-refractivity contribution is 5.79. The van der Waals surface area contributed by atoms with Crippen molar-refractivity contribution in [3.8, 4) is 0 Å². The summed E-state index contributed by atoms with van der Waals surface area (Å²) in [5.41, 5.74) is 2.08. The van der Waals surface area contributed by atoms with Crippen molar-refractivity contribution in [3.05, 3.63) is 30.1 Å². The molecule has 0 radical (unpaired) electrons. The Balaban J connectivity index is 1.48. The van der Waals surface area contributed by atoms with Crippen LogP contribution < -0.4 is 10.6 Å². The molecule has 2 aromatic rings. The molecule has 0 aliphatic carbocycles. The van der Waals surface area contributed by atoms with Crippen LogP contribution in [0, 0.1) is 5.41 Å². The van der Waals surface area contributed by atoms with Gasteiger partial charge in [0.2, 0.25) is 0 Å². The lowest BCUT2D eigenvalue weighted by Gasteiger charge is -2.24. The largest absolute Gasteiger partial charge is 0.396 e. The van der Waals surface area contributed by atoms with Crippen molar-refractivity contribution < 1.29 is 9.84 Å². The van der Waals surface area contributed by atoms with Gasteiger partial charge in [0.25, 0.3) is 0 Å². The number of hydrogen-bond donors (Lipinski definition) is 4. The number of aliphatic hydroxyl groups is 1. The summed E-state index contributed by atoms with van der Waals surface area (Å²) in [5, 5.41) is 16.1. The van der Waals surface area contributed by atoms with Gasteiger partial charge in [0, 0.05) is 38.1 Å². The minimum absolute atomic E-state index is 0.0224. The van der Waals surface area contributed by atoms with Crippen LogP contribution in [0.25, 0.3) is 11.0 Å². The van der Waals surface area contributed by atoms with E-state index in [1.165, 1.54) is 0 Å². The topological polar surface area (TPSA) is 94.6 Å². The fourth-order valence-corrected chi connectivity index (χ4v) is 3.46. The average Bonchev–Trinajstić information content (AvgIpc) is 3.30. The normalized spacial score (nSPS) is 20.3. The van der Waals surface area contributed by atoms with E-state index in [0.29, 0.717) is 13.2 Å². The van der Waals surface area contributed by atoms with Gasteiger partial charge in [-0.05, 0) is 38.3 Å². The summed E-state index contributed by atoms with van der Waals surface area (Å²) in [6.07, 6.45) is 3.56. The summed E-state index contributed by atoms with van der Waals surface area (Å²) >= 11 is 0. The standard InChI is InChI=1S/C20H31N5O2/c1-2-21-19(23-14-20(9-12-26)10-13-27-15-20)22-11-5-8-18-24-16-6-3-4-7-17(16)25-18/h3-4,6-7,26H,2,5,8-15H2,1H3,(H,24,25)(H2,21,22,23). The van der Waals surface area contributed by atoms with Crippen LogP contribution in [-0.2, 0) is 11.2 Å². The number of H-pyrrole nitrogens is 1.